The highest BCUT2D eigenvalue weighted by Gasteiger charge is 2.53. The molecule has 4 nitrogen and oxygen atoms in total. The monoisotopic (exact) mass is 364 g/mol. The maximum Gasteiger partial charge on any atom is 0.163 e. The van der Waals surface area contributed by atoms with Crippen molar-refractivity contribution in [1.29, 1.82) is 0 Å². The Morgan fingerprint density at radius 1 is 1.33 bits per heavy atom. The average molecular weight is 364 g/mol. The van der Waals surface area contributed by atoms with Crippen molar-refractivity contribution in [2.24, 2.45) is 17.3 Å². The molecule has 0 unspecified atom stereocenters. The van der Waals surface area contributed by atoms with E-state index in [1.54, 1.807) is 31.2 Å². The number of allylic oxidation sites excluding steroid dienone is 6. The first kappa shape index (κ1) is 18.9. The topological polar surface area (TPSA) is 63.6 Å². The summed E-state index contributed by atoms with van der Waals surface area (Å²) in [7, 11) is 1.49. The number of hydrogen-bond donors (Lipinski definition) is 1. The number of ketones is 2. The van der Waals surface area contributed by atoms with Crippen molar-refractivity contribution in [2.75, 3.05) is 7.11 Å². The van der Waals surface area contributed by atoms with E-state index in [1.807, 2.05) is 25.2 Å². The van der Waals surface area contributed by atoms with Crippen molar-refractivity contribution < 1.29 is 19.4 Å². The van der Waals surface area contributed by atoms with Crippen LogP contribution in [0.3, 0.4) is 0 Å². The van der Waals surface area contributed by atoms with Gasteiger partial charge in [0.25, 0.3) is 0 Å². The second kappa shape index (κ2) is 7.03. The molecule has 2 aliphatic rings. The number of phenolic OH excluding ortho intramolecular Hbond substituents is 1. The second-order valence-corrected chi connectivity index (χ2v) is 7.30. The second-order valence-electron chi connectivity index (χ2n) is 7.30. The lowest BCUT2D eigenvalue weighted by molar-refractivity contribution is -0.138. The van der Waals surface area contributed by atoms with E-state index in [0.717, 1.165) is 11.1 Å². The van der Waals surface area contributed by atoms with Gasteiger partial charge in [-0.1, -0.05) is 43.9 Å². The highest BCUT2D eigenvalue weighted by Crippen LogP contribution is 2.50. The molecule has 3 rings (SSSR count). The number of carbonyl (C=O) groups is 2. The summed E-state index contributed by atoms with van der Waals surface area (Å²) in [6.45, 7) is 7.48. The number of rotatable bonds is 4. The summed E-state index contributed by atoms with van der Waals surface area (Å²) < 4.78 is 5.15. The molecule has 3 atom stereocenters. The molecular formula is C23H24O4. The van der Waals surface area contributed by atoms with Gasteiger partial charge in [-0.25, -0.2) is 0 Å². The highest BCUT2D eigenvalue weighted by atomic mass is 16.5. The van der Waals surface area contributed by atoms with Crippen LogP contribution in [-0.4, -0.2) is 23.8 Å². The van der Waals surface area contributed by atoms with Crippen LogP contribution in [0.25, 0.3) is 6.08 Å². The molecule has 1 aromatic rings. The molecule has 0 bridgehead atoms. The Morgan fingerprint density at radius 2 is 2.07 bits per heavy atom. The van der Waals surface area contributed by atoms with Crippen LogP contribution in [0.4, 0.5) is 0 Å². The van der Waals surface area contributed by atoms with Crippen molar-refractivity contribution in [3.8, 4) is 11.5 Å². The quantitative estimate of drug-likeness (QED) is 0.867. The van der Waals surface area contributed by atoms with Gasteiger partial charge in [-0.05, 0) is 48.3 Å². The molecule has 0 fully saturated rings. The molecule has 0 amide bonds. The lowest BCUT2D eigenvalue weighted by Gasteiger charge is -2.45. The third-order valence-corrected chi connectivity index (χ3v) is 5.82. The van der Waals surface area contributed by atoms with Gasteiger partial charge in [0.2, 0.25) is 0 Å². The van der Waals surface area contributed by atoms with Gasteiger partial charge in [0.05, 0.1) is 12.5 Å². The van der Waals surface area contributed by atoms with E-state index in [-0.39, 0.29) is 29.2 Å². The normalized spacial score (nSPS) is 27.8. The van der Waals surface area contributed by atoms with E-state index in [0.29, 0.717) is 17.7 Å². The fraction of sp³-hybridized carbons (Fsp3) is 0.304. The summed E-state index contributed by atoms with van der Waals surface area (Å²) >= 11 is 0. The zero-order chi connectivity index (χ0) is 19.8. The van der Waals surface area contributed by atoms with Crippen molar-refractivity contribution in [1.82, 2.24) is 0 Å². The molecule has 0 saturated carbocycles. The zero-order valence-electron chi connectivity index (χ0n) is 15.9. The van der Waals surface area contributed by atoms with Crippen LogP contribution < -0.4 is 4.74 Å². The first-order chi connectivity index (χ1) is 12.8. The lowest BCUT2D eigenvalue weighted by Crippen LogP contribution is -2.49. The van der Waals surface area contributed by atoms with Crippen LogP contribution in [0.1, 0.15) is 25.8 Å². The number of methoxy groups -OCH3 is 1. The number of fused-ring (bicyclic) bond motifs is 1. The minimum Gasteiger partial charge on any atom is -0.504 e. The van der Waals surface area contributed by atoms with E-state index in [9.17, 15) is 14.7 Å². The largest absolute Gasteiger partial charge is 0.504 e. The van der Waals surface area contributed by atoms with Gasteiger partial charge in [0.15, 0.2) is 23.1 Å². The smallest absolute Gasteiger partial charge is 0.163 e. The van der Waals surface area contributed by atoms with Gasteiger partial charge in [-0.15, -0.1) is 0 Å². The van der Waals surface area contributed by atoms with Crippen LogP contribution in [0, 0.1) is 17.3 Å². The minimum absolute atomic E-state index is 0.0185. The van der Waals surface area contributed by atoms with E-state index in [4.69, 9.17) is 4.74 Å². The highest BCUT2D eigenvalue weighted by molar-refractivity contribution is 6.12. The van der Waals surface area contributed by atoms with Crippen molar-refractivity contribution >= 4 is 17.6 Å². The molecule has 0 aliphatic heterocycles. The number of hydrogen-bond acceptors (Lipinski definition) is 4. The zero-order valence-corrected chi connectivity index (χ0v) is 15.9. The SMILES string of the molecule is C=CC1=CC[C@H]2C(=O)C(C)=CC(=O)[C@@]2(C)[C@H]1C=Cc1ccc(O)c(OC)c1. The van der Waals surface area contributed by atoms with Crippen molar-refractivity contribution in [3.63, 3.8) is 0 Å². The van der Waals surface area contributed by atoms with E-state index < -0.39 is 5.41 Å². The first-order valence-corrected chi connectivity index (χ1v) is 8.97. The van der Waals surface area contributed by atoms with Crippen LogP contribution in [0.2, 0.25) is 0 Å². The maximum atomic E-state index is 13.0. The fourth-order valence-corrected chi connectivity index (χ4v) is 4.12. The number of carbonyl (C=O) groups excluding carboxylic acids is 2. The molecule has 1 aromatic carbocycles. The number of phenols is 1. The molecule has 0 spiro atoms. The summed E-state index contributed by atoms with van der Waals surface area (Å²) in [6.07, 6.45) is 9.64. The third-order valence-electron chi connectivity index (χ3n) is 5.82. The van der Waals surface area contributed by atoms with E-state index in [1.165, 1.54) is 13.2 Å². The van der Waals surface area contributed by atoms with Crippen molar-refractivity contribution in [3.05, 3.63) is 65.8 Å². The summed E-state index contributed by atoms with van der Waals surface area (Å²) in [5.74, 6) is -0.139. The van der Waals surface area contributed by atoms with Crippen LogP contribution in [0.5, 0.6) is 11.5 Å². The van der Waals surface area contributed by atoms with Gasteiger partial charge in [0.1, 0.15) is 0 Å². The number of Topliss-reactive ketones (excluding diaryl/α,β-unsaturated/α-hetero) is 1. The Hall–Kier alpha value is -2.88. The van der Waals surface area contributed by atoms with E-state index in [2.05, 4.69) is 6.58 Å². The van der Waals surface area contributed by atoms with Gasteiger partial charge >= 0.3 is 0 Å². The van der Waals surface area contributed by atoms with Gasteiger partial charge in [0, 0.05) is 11.8 Å². The van der Waals surface area contributed by atoms with Gasteiger partial charge in [-0.3, -0.25) is 9.59 Å². The predicted molar refractivity (Wildman–Crippen MR) is 105 cm³/mol. The Labute approximate surface area is 159 Å². The molecule has 2 aliphatic carbocycles. The number of aromatic hydroxyl groups is 1. The number of benzene rings is 1. The fourth-order valence-electron chi connectivity index (χ4n) is 4.12. The van der Waals surface area contributed by atoms with Crippen LogP contribution >= 0.6 is 0 Å². The molecule has 4 heteroatoms. The summed E-state index contributed by atoms with van der Waals surface area (Å²) in [5, 5.41) is 9.76. The Bertz CT molecular complexity index is 903. The minimum atomic E-state index is -0.827. The lowest BCUT2D eigenvalue weighted by atomic mass is 9.55. The molecule has 140 valence electrons. The first-order valence-electron chi connectivity index (χ1n) is 8.97. The van der Waals surface area contributed by atoms with Crippen LogP contribution in [0.15, 0.2) is 60.2 Å². The summed E-state index contributed by atoms with van der Waals surface area (Å²) in [6, 6.07) is 5.06. The summed E-state index contributed by atoms with van der Waals surface area (Å²) in [5.41, 5.74) is 1.49. The van der Waals surface area contributed by atoms with Crippen molar-refractivity contribution in [2.45, 2.75) is 20.3 Å². The summed E-state index contributed by atoms with van der Waals surface area (Å²) in [4.78, 5) is 25.7. The van der Waals surface area contributed by atoms with E-state index >= 15 is 0 Å². The Kier molecular flexibility index (Phi) is 4.92. The van der Waals surface area contributed by atoms with Crippen LogP contribution in [-0.2, 0) is 9.59 Å². The predicted octanol–water partition coefficient (Wildman–Crippen LogP) is 4.27. The Morgan fingerprint density at radius 3 is 2.74 bits per heavy atom. The molecule has 0 saturated heterocycles. The van der Waals surface area contributed by atoms with Gasteiger partial charge in [-0.2, -0.15) is 0 Å². The molecule has 1 N–H and O–H groups in total. The molecule has 27 heavy (non-hydrogen) atoms. The molecular weight excluding hydrogens is 340 g/mol. The maximum absolute atomic E-state index is 13.0. The standard InChI is InChI=1S/C23H24O4/c1-5-16-8-10-18-22(26)14(2)12-21(25)23(18,3)17(16)9-6-15-7-11-19(24)20(13-15)27-4/h5-9,11-13,17-18,24H,1,10H2,2-4H3/t17-,18-,23-/m0/s1. The van der Waals surface area contributed by atoms with Gasteiger partial charge < -0.3 is 9.84 Å². The average Bonchev–Trinajstić information content (AvgIpc) is 2.66. The molecule has 0 aromatic heterocycles. The third kappa shape index (κ3) is 3.05. The number of ether oxygens (including phenoxy) is 1. The molecule has 0 radical (unpaired) electrons. The molecule has 0 heterocycles. The Balaban J connectivity index is 2.04.